The summed E-state index contributed by atoms with van der Waals surface area (Å²) in [7, 11) is 1.62. The number of hydrogen-bond donors (Lipinski definition) is 1. The second-order valence-corrected chi connectivity index (χ2v) is 4.01. The molecule has 1 unspecified atom stereocenters. The van der Waals surface area contributed by atoms with Gasteiger partial charge in [0, 0.05) is 25.8 Å². The SMILES string of the molecule is COCC(C)CC(=O)Nc1cccc(C#N)c1. The molecule has 0 radical (unpaired) electrons. The van der Waals surface area contributed by atoms with E-state index < -0.39 is 0 Å². The third-order valence-electron chi connectivity index (χ3n) is 2.26. The highest BCUT2D eigenvalue weighted by Crippen LogP contribution is 2.11. The molecule has 0 aliphatic rings. The zero-order chi connectivity index (χ0) is 12.7. The third kappa shape index (κ3) is 4.66. The molecule has 1 amide bonds. The predicted molar refractivity (Wildman–Crippen MR) is 65.4 cm³/mol. The van der Waals surface area contributed by atoms with Gasteiger partial charge in [0.05, 0.1) is 11.6 Å². The van der Waals surface area contributed by atoms with Crippen LogP contribution in [0.15, 0.2) is 24.3 Å². The smallest absolute Gasteiger partial charge is 0.224 e. The van der Waals surface area contributed by atoms with E-state index in [1.54, 1.807) is 31.4 Å². The quantitative estimate of drug-likeness (QED) is 0.846. The van der Waals surface area contributed by atoms with Crippen LogP contribution in [0.4, 0.5) is 5.69 Å². The lowest BCUT2D eigenvalue weighted by atomic mass is 10.1. The molecule has 17 heavy (non-hydrogen) atoms. The van der Waals surface area contributed by atoms with Crippen LogP contribution < -0.4 is 5.32 Å². The second kappa shape index (κ2) is 6.66. The van der Waals surface area contributed by atoms with Crippen molar-refractivity contribution in [3.05, 3.63) is 29.8 Å². The van der Waals surface area contributed by atoms with Gasteiger partial charge in [-0.1, -0.05) is 13.0 Å². The van der Waals surface area contributed by atoms with Crippen molar-refractivity contribution in [2.45, 2.75) is 13.3 Å². The molecule has 90 valence electrons. The number of methoxy groups -OCH3 is 1. The number of benzene rings is 1. The molecule has 0 spiro atoms. The minimum atomic E-state index is -0.0651. The molecule has 4 heteroatoms. The minimum Gasteiger partial charge on any atom is -0.384 e. The first-order valence-electron chi connectivity index (χ1n) is 5.44. The van der Waals surface area contributed by atoms with E-state index in [-0.39, 0.29) is 11.8 Å². The number of carbonyl (C=O) groups excluding carboxylic acids is 1. The van der Waals surface area contributed by atoms with Gasteiger partial charge in [0.1, 0.15) is 0 Å². The third-order valence-corrected chi connectivity index (χ3v) is 2.26. The molecule has 0 saturated heterocycles. The van der Waals surface area contributed by atoms with Gasteiger partial charge in [0.2, 0.25) is 5.91 Å². The number of nitriles is 1. The number of nitrogens with zero attached hydrogens (tertiary/aromatic N) is 1. The Labute approximate surface area is 101 Å². The average molecular weight is 232 g/mol. The van der Waals surface area contributed by atoms with Crippen LogP contribution in [0.25, 0.3) is 0 Å². The van der Waals surface area contributed by atoms with Gasteiger partial charge < -0.3 is 10.1 Å². The Morgan fingerprint density at radius 2 is 2.35 bits per heavy atom. The van der Waals surface area contributed by atoms with E-state index in [4.69, 9.17) is 10.00 Å². The molecular weight excluding hydrogens is 216 g/mol. The molecule has 0 bridgehead atoms. The first kappa shape index (κ1) is 13.2. The summed E-state index contributed by atoms with van der Waals surface area (Å²) in [6.07, 6.45) is 0.407. The molecular formula is C13H16N2O2. The van der Waals surface area contributed by atoms with Crippen molar-refractivity contribution in [2.24, 2.45) is 5.92 Å². The minimum absolute atomic E-state index is 0.0651. The highest BCUT2D eigenvalue weighted by molar-refractivity contribution is 5.90. The van der Waals surface area contributed by atoms with Crippen molar-refractivity contribution in [1.29, 1.82) is 5.26 Å². The topological polar surface area (TPSA) is 62.1 Å². The Morgan fingerprint density at radius 3 is 3.00 bits per heavy atom. The summed E-state index contributed by atoms with van der Waals surface area (Å²) in [6.45, 7) is 2.51. The molecule has 0 aromatic heterocycles. The largest absolute Gasteiger partial charge is 0.384 e. The lowest BCUT2D eigenvalue weighted by molar-refractivity contribution is -0.117. The zero-order valence-electron chi connectivity index (χ0n) is 10.1. The predicted octanol–water partition coefficient (Wildman–Crippen LogP) is 2.17. The Balaban J connectivity index is 2.53. The Hall–Kier alpha value is -1.86. The number of ether oxygens (including phenoxy) is 1. The number of hydrogen-bond acceptors (Lipinski definition) is 3. The molecule has 1 rings (SSSR count). The fourth-order valence-electron chi connectivity index (χ4n) is 1.54. The number of carbonyl (C=O) groups is 1. The van der Waals surface area contributed by atoms with E-state index >= 15 is 0 Å². The Kier molecular flexibility index (Phi) is 5.18. The molecule has 0 saturated carbocycles. The Bertz CT molecular complexity index is 424. The van der Waals surface area contributed by atoms with E-state index in [9.17, 15) is 4.79 Å². The van der Waals surface area contributed by atoms with Crippen LogP contribution in [-0.2, 0) is 9.53 Å². The summed E-state index contributed by atoms with van der Waals surface area (Å²) in [5.74, 6) is 0.115. The maximum absolute atomic E-state index is 11.6. The second-order valence-electron chi connectivity index (χ2n) is 4.01. The summed E-state index contributed by atoms with van der Waals surface area (Å²) < 4.78 is 4.97. The molecule has 0 aliphatic carbocycles. The van der Waals surface area contributed by atoms with Crippen molar-refractivity contribution in [2.75, 3.05) is 19.0 Å². The summed E-state index contributed by atoms with van der Waals surface area (Å²) in [5.41, 5.74) is 1.19. The maximum Gasteiger partial charge on any atom is 0.224 e. The van der Waals surface area contributed by atoms with E-state index in [2.05, 4.69) is 5.32 Å². The first-order chi connectivity index (χ1) is 8.15. The molecule has 0 fully saturated rings. The van der Waals surface area contributed by atoms with Gasteiger partial charge in [-0.25, -0.2) is 0 Å². The molecule has 1 aromatic carbocycles. The number of amides is 1. The van der Waals surface area contributed by atoms with Gasteiger partial charge in [0.15, 0.2) is 0 Å². The van der Waals surface area contributed by atoms with Crippen LogP contribution in [0.2, 0.25) is 0 Å². The summed E-state index contributed by atoms with van der Waals surface area (Å²) in [5, 5.41) is 11.5. The van der Waals surface area contributed by atoms with E-state index in [1.807, 2.05) is 13.0 Å². The molecule has 4 nitrogen and oxygen atoms in total. The van der Waals surface area contributed by atoms with Gasteiger partial charge in [-0.05, 0) is 24.1 Å². The van der Waals surface area contributed by atoms with Crippen LogP contribution in [-0.4, -0.2) is 19.6 Å². The van der Waals surface area contributed by atoms with Gasteiger partial charge >= 0.3 is 0 Å². The van der Waals surface area contributed by atoms with Crippen molar-refractivity contribution in [3.8, 4) is 6.07 Å². The zero-order valence-corrected chi connectivity index (χ0v) is 10.1. The van der Waals surface area contributed by atoms with Gasteiger partial charge in [-0.3, -0.25) is 4.79 Å². The van der Waals surface area contributed by atoms with Crippen LogP contribution in [0.3, 0.4) is 0 Å². The maximum atomic E-state index is 11.6. The summed E-state index contributed by atoms with van der Waals surface area (Å²) in [6, 6.07) is 8.89. The number of anilines is 1. The highest BCUT2D eigenvalue weighted by Gasteiger charge is 2.09. The first-order valence-corrected chi connectivity index (χ1v) is 5.44. The summed E-state index contributed by atoms with van der Waals surface area (Å²) >= 11 is 0. The van der Waals surface area contributed by atoms with Crippen molar-refractivity contribution in [3.63, 3.8) is 0 Å². The lowest BCUT2D eigenvalue weighted by Crippen LogP contribution is -2.17. The summed E-state index contributed by atoms with van der Waals surface area (Å²) in [4.78, 5) is 11.6. The van der Waals surface area contributed by atoms with Crippen molar-refractivity contribution in [1.82, 2.24) is 0 Å². The average Bonchev–Trinajstić information content (AvgIpc) is 2.29. The lowest BCUT2D eigenvalue weighted by Gasteiger charge is -2.10. The van der Waals surface area contributed by atoms with E-state index in [0.29, 0.717) is 24.3 Å². The fraction of sp³-hybridized carbons (Fsp3) is 0.385. The molecule has 0 aliphatic heterocycles. The number of nitrogens with one attached hydrogen (secondary N) is 1. The van der Waals surface area contributed by atoms with E-state index in [1.165, 1.54) is 0 Å². The van der Waals surface area contributed by atoms with Crippen LogP contribution in [0.5, 0.6) is 0 Å². The number of rotatable bonds is 5. The van der Waals surface area contributed by atoms with Crippen LogP contribution >= 0.6 is 0 Å². The van der Waals surface area contributed by atoms with Gasteiger partial charge in [-0.15, -0.1) is 0 Å². The molecule has 1 aromatic rings. The monoisotopic (exact) mass is 232 g/mol. The highest BCUT2D eigenvalue weighted by atomic mass is 16.5. The normalized spacial score (nSPS) is 11.6. The van der Waals surface area contributed by atoms with Gasteiger partial charge in [0.25, 0.3) is 0 Å². The van der Waals surface area contributed by atoms with Crippen LogP contribution in [0.1, 0.15) is 18.9 Å². The standard InChI is InChI=1S/C13H16N2O2/c1-10(9-17-2)6-13(16)15-12-5-3-4-11(7-12)8-14/h3-5,7,10H,6,9H2,1-2H3,(H,15,16). The molecule has 0 heterocycles. The molecule has 1 N–H and O–H groups in total. The van der Waals surface area contributed by atoms with E-state index in [0.717, 1.165) is 0 Å². The Morgan fingerprint density at radius 1 is 1.59 bits per heavy atom. The molecule has 1 atom stereocenters. The fourth-order valence-corrected chi connectivity index (χ4v) is 1.54. The van der Waals surface area contributed by atoms with Gasteiger partial charge in [-0.2, -0.15) is 5.26 Å². The van der Waals surface area contributed by atoms with Crippen LogP contribution in [0, 0.1) is 17.2 Å². The van der Waals surface area contributed by atoms with Crippen molar-refractivity contribution < 1.29 is 9.53 Å². The van der Waals surface area contributed by atoms with Crippen molar-refractivity contribution >= 4 is 11.6 Å².